The lowest BCUT2D eigenvalue weighted by atomic mass is 10.2. The Kier molecular flexibility index (Phi) is 6.60. The van der Waals surface area contributed by atoms with Gasteiger partial charge in [-0.2, -0.15) is 0 Å². The number of rotatable bonds is 9. The van der Waals surface area contributed by atoms with E-state index in [1.165, 1.54) is 6.33 Å². The molecular weight excluding hydrogens is 429 g/mol. The Labute approximate surface area is 152 Å². The molecule has 0 aromatic carbocycles. The summed E-state index contributed by atoms with van der Waals surface area (Å²) in [6.07, 6.45) is 1.73. The summed E-state index contributed by atoms with van der Waals surface area (Å²) in [7, 11) is -17.1. The molecule has 0 aliphatic carbocycles. The van der Waals surface area contributed by atoms with E-state index >= 15 is 0 Å². The van der Waals surface area contributed by atoms with Crippen molar-refractivity contribution >= 4 is 40.1 Å². The zero-order valence-electron chi connectivity index (χ0n) is 13.6. The minimum Gasteiger partial charge on any atom is -0.790 e. The highest BCUT2D eigenvalue weighted by molar-refractivity contribution is 7.66. The number of hydrogen-bond acceptors (Lipinski definition) is 13. The molecule has 0 fully saturated rings. The molecule has 0 bridgehead atoms. The molecule has 0 saturated carbocycles. The summed E-state index contributed by atoms with van der Waals surface area (Å²) < 4.78 is 45.9. The fraction of sp³-hybridized carbons (Fsp3) is 0.400. The summed E-state index contributed by atoms with van der Waals surface area (Å²) in [6.45, 7) is 1.70. The van der Waals surface area contributed by atoms with Crippen LogP contribution in [0.3, 0.4) is 0 Å². The number of ether oxygens (including phenoxy) is 1. The van der Waals surface area contributed by atoms with Crippen LogP contribution in [0.4, 0.5) is 5.82 Å². The molecule has 2 atom stereocenters. The van der Waals surface area contributed by atoms with Gasteiger partial charge in [-0.15, -0.1) is 0 Å². The standard InChI is InChI=1S/C10H17N4O10P3/c1-7-4-14(10-8(7)9(11)12-5-13-10)2-3-22-6-25(15,16)23-27(20,21)24-26(17,18)19/h4-5H,2-3,6H2,1H3,(H,15,16)(H,20,21)(H2,11,12,13)(H2,17,18,19)/p-4. The Hall–Kier alpha value is -1.17. The molecular formula is C10H13N4O10P3-4. The first-order valence-corrected chi connectivity index (χ1v) is 11.6. The Balaban J connectivity index is 1.93. The van der Waals surface area contributed by atoms with E-state index in [9.17, 15) is 33.3 Å². The number of nitrogens with zero attached hydrogens (tertiary/aromatic N) is 3. The molecule has 2 rings (SSSR count). The van der Waals surface area contributed by atoms with Gasteiger partial charge in [-0.25, -0.2) is 9.97 Å². The van der Waals surface area contributed by atoms with Crippen LogP contribution in [0.25, 0.3) is 11.0 Å². The fourth-order valence-corrected chi connectivity index (χ4v) is 5.30. The summed E-state index contributed by atoms with van der Waals surface area (Å²) in [5.41, 5.74) is 7.03. The van der Waals surface area contributed by atoms with Crippen LogP contribution in [0.5, 0.6) is 0 Å². The van der Waals surface area contributed by atoms with Crippen LogP contribution in [0.2, 0.25) is 0 Å². The van der Waals surface area contributed by atoms with Crippen LogP contribution in [-0.2, 0) is 33.6 Å². The van der Waals surface area contributed by atoms with E-state index in [0.29, 0.717) is 11.0 Å². The Morgan fingerprint density at radius 3 is 2.44 bits per heavy atom. The van der Waals surface area contributed by atoms with Gasteiger partial charge in [0.1, 0.15) is 24.1 Å². The molecule has 0 spiro atoms. The monoisotopic (exact) mass is 442 g/mol. The van der Waals surface area contributed by atoms with Crippen molar-refractivity contribution in [3.63, 3.8) is 0 Å². The lowest BCUT2D eigenvalue weighted by molar-refractivity contribution is -0.339. The summed E-state index contributed by atoms with van der Waals surface area (Å²) in [6, 6.07) is 0. The van der Waals surface area contributed by atoms with Crippen LogP contribution < -0.4 is 25.3 Å². The molecule has 0 radical (unpaired) electrons. The maximum absolute atomic E-state index is 11.5. The van der Waals surface area contributed by atoms with Gasteiger partial charge in [-0.1, -0.05) is 0 Å². The third-order valence-electron chi connectivity index (χ3n) is 3.02. The normalized spacial score (nSPS) is 16.9. The maximum atomic E-state index is 11.5. The van der Waals surface area contributed by atoms with Gasteiger partial charge in [-0.05, 0) is 12.5 Å². The summed E-state index contributed by atoms with van der Waals surface area (Å²) in [5.74, 6) is 0.273. The quantitative estimate of drug-likeness (QED) is 0.333. The van der Waals surface area contributed by atoms with E-state index in [1.807, 2.05) is 0 Å². The fourth-order valence-electron chi connectivity index (χ4n) is 2.17. The average molecular weight is 442 g/mol. The molecule has 2 aromatic rings. The Morgan fingerprint density at radius 1 is 1.15 bits per heavy atom. The zero-order chi connectivity index (χ0) is 20.5. The lowest BCUT2D eigenvalue weighted by Gasteiger charge is -2.37. The number of aryl methyl sites for hydroxylation is 1. The van der Waals surface area contributed by atoms with Gasteiger partial charge in [0.05, 0.1) is 19.8 Å². The Bertz CT molecular complexity index is 972. The third-order valence-corrected chi connectivity index (χ3v) is 6.92. The van der Waals surface area contributed by atoms with Crippen molar-refractivity contribution in [2.75, 3.05) is 18.7 Å². The van der Waals surface area contributed by atoms with E-state index in [0.717, 1.165) is 5.56 Å². The van der Waals surface area contributed by atoms with Crippen LogP contribution in [0, 0.1) is 6.92 Å². The van der Waals surface area contributed by atoms with Gasteiger partial charge in [0.2, 0.25) is 0 Å². The molecule has 2 N–H and O–H groups in total. The second kappa shape index (κ2) is 8.06. The molecule has 2 aromatic heterocycles. The first-order valence-electron chi connectivity index (χ1n) is 6.99. The summed E-state index contributed by atoms with van der Waals surface area (Å²) >= 11 is 0. The summed E-state index contributed by atoms with van der Waals surface area (Å²) in [5, 5.41) is 0.624. The van der Waals surface area contributed by atoms with Crippen LogP contribution >= 0.6 is 23.2 Å². The number of nitrogen functional groups attached to an aromatic ring is 1. The van der Waals surface area contributed by atoms with Gasteiger partial charge in [0, 0.05) is 12.7 Å². The predicted octanol–water partition coefficient (Wildman–Crippen LogP) is -1.82. The second-order valence-electron chi connectivity index (χ2n) is 5.17. The maximum Gasteiger partial charge on any atom is 0.276 e. The van der Waals surface area contributed by atoms with Gasteiger partial charge in [0.15, 0.2) is 7.60 Å². The van der Waals surface area contributed by atoms with Crippen molar-refractivity contribution in [2.45, 2.75) is 13.5 Å². The first kappa shape index (κ1) is 22.1. The summed E-state index contributed by atoms with van der Waals surface area (Å²) in [4.78, 5) is 50.9. The minimum atomic E-state index is -6.00. The average Bonchev–Trinajstić information content (AvgIpc) is 2.77. The van der Waals surface area contributed by atoms with Crippen molar-refractivity contribution in [1.82, 2.24) is 14.5 Å². The van der Waals surface area contributed by atoms with E-state index in [1.54, 1.807) is 17.7 Å². The van der Waals surface area contributed by atoms with E-state index in [2.05, 4.69) is 18.6 Å². The molecule has 0 saturated heterocycles. The molecule has 27 heavy (non-hydrogen) atoms. The van der Waals surface area contributed by atoms with Crippen molar-refractivity contribution in [1.29, 1.82) is 0 Å². The number of anilines is 1. The molecule has 2 heterocycles. The number of phosphoric acid groups is 2. The van der Waals surface area contributed by atoms with E-state index < -0.39 is 29.6 Å². The lowest BCUT2D eigenvalue weighted by Crippen LogP contribution is -2.21. The van der Waals surface area contributed by atoms with Gasteiger partial charge in [0.25, 0.3) is 7.82 Å². The van der Waals surface area contributed by atoms with Gasteiger partial charge >= 0.3 is 0 Å². The molecule has 0 aliphatic heterocycles. The number of nitrogens with two attached hydrogens (primary N) is 1. The second-order valence-corrected chi connectivity index (χ2v) is 9.74. The van der Waals surface area contributed by atoms with E-state index in [-0.39, 0.29) is 19.0 Å². The van der Waals surface area contributed by atoms with Crippen molar-refractivity contribution in [3.8, 4) is 0 Å². The zero-order valence-corrected chi connectivity index (χ0v) is 16.3. The predicted molar refractivity (Wildman–Crippen MR) is 82.5 cm³/mol. The molecule has 152 valence electrons. The molecule has 0 aliphatic rings. The van der Waals surface area contributed by atoms with Crippen LogP contribution in [0.1, 0.15) is 5.56 Å². The topological polar surface area (TPSA) is 228 Å². The van der Waals surface area contributed by atoms with E-state index in [4.69, 9.17) is 10.5 Å². The number of hydrogen-bond donors (Lipinski definition) is 1. The highest BCUT2D eigenvalue weighted by Gasteiger charge is 2.21. The minimum absolute atomic E-state index is 0.128. The molecule has 17 heteroatoms. The van der Waals surface area contributed by atoms with Crippen LogP contribution in [0.15, 0.2) is 12.5 Å². The third kappa shape index (κ3) is 6.44. The first-order chi connectivity index (χ1) is 12.3. The van der Waals surface area contributed by atoms with Crippen molar-refractivity contribution < 1.29 is 46.6 Å². The van der Waals surface area contributed by atoms with Crippen LogP contribution in [-0.4, -0.2) is 27.5 Å². The smallest absolute Gasteiger partial charge is 0.276 e. The highest BCUT2D eigenvalue weighted by atomic mass is 31.3. The largest absolute Gasteiger partial charge is 0.790 e. The van der Waals surface area contributed by atoms with Crippen molar-refractivity contribution in [2.24, 2.45) is 0 Å². The SMILES string of the molecule is Cc1cn(CCOCP(=O)([O-])OP(=O)([O-])OP(=O)([O-])[O-])c2ncnc(N)c12. The van der Waals surface area contributed by atoms with Gasteiger partial charge < -0.3 is 43.7 Å². The number of aromatic nitrogens is 3. The van der Waals surface area contributed by atoms with Gasteiger partial charge in [-0.3, -0.25) is 13.2 Å². The molecule has 0 amide bonds. The molecule has 14 nitrogen and oxygen atoms in total. The van der Waals surface area contributed by atoms with Crippen molar-refractivity contribution in [3.05, 3.63) is 18.1 Å². The number of fused-ring (bicyclic) bond motifs is 1. The Morgan fingerprint density at radius 2 is 1.81 bits per heavy atom. The molecule has 2 unspecified atom stereocenters. The highest BCUT2D eigenvalue weighted by Crippen LogP contribution is 2.59.